The van der Waals surface area contributed by atoms with Gasteiger partial charge in [-0.2, -0.15) is 0 Å². The van der Waals surface area contributed by atoms with Crippen LogP contribution in [0.3, 0.4) is 0 Å². The van der Waals surface area contributed by atoms with Gasteiger partial charge in [0.25, 0.3) is 0 Å². The van der Waals surface area contributed by atoms with Gasteiger partial charge in [-0.25, -0.2) is 4.98 Å². The number of pyridine rings is 1. The molecule has 0 atom stereocenters. The molecule has 0 bridgehead atoms. The van der Waals surface area contributed by atoms with E-state index < -0.39 is 0 Å². The van der Waals surface area contributed by atoms with Gasteiger partial charge < -0.3 is 15.4 Å². The fourth-order valence-electron chi connectivity index (χ4n) is 2.64. The molecule has 0 unspecified atom stereocenters. The molecule has 1 aromatic heterocycles. The lowest BCUT2D eigenvalue weighted by Gasteiger charge is -2.55. The van der Waals surface area contributed by atoms with E-state index in [4.69, 9.17) is 10.5 Å². The standard InChI is InChI=1S/C14H19N3O2/c1-9(2)13(18)12-11(15)3-10(4-16-12)17-5-14(6-17)7-19-8-14/h3-4,9H,5-8,15H2,1-2H3. The van der Waals surface area contributed by atoms with Crippen molar-refractivity contribution in [2.75, 3.05) is 36.9 Å². The van der Waals surface area contributed by atoms with Gasteiger partial charge in [-0.15, -0.1) is 0 Å². The smallest absolute Gasteiger partial charge is 0.185 e. The molecule has 0 aromatic carbocycles. The minimum Gasteiger partial charge on any atom is -0.397 e. The number of hydrogen-bond donors (Lipinski definition) is 1. The van der Waals surface area contributed by atoms with Crippen LogP contribution in [0.2, 0.25) is 0 Å². The molecule has 2 fully saturated rings. The summed E-state index contributed by atoms with van der Waals surface area (Å²) in [6.07, 6.45) is 1.75. The SMILES string of the molecule is CC(C)C(=O)c1ncc(N2CC3(COC3)C2)cc1N. The number of anilines is 2. The monoisotopic (exact) mass is 261 g/mol. The fourth-order valence-corrected chi connectivity index (χ4v) is 2.64. The Kier molecular flexibility index (Phi) is 2.74. The van der Waals surface area contributed by atoms with Crippen LogP contribution in [0.4, 0.5) is 11.4 Å². The number of aromatic nitrogens is 1. The van der Waals surface area contributed by atoms with Crippen molar-refractivity contribution in [2.45, 2.75) is 13.8 Å². The maximum atomic E-state index is 11.9. The number of nitrogens with zero attached hydrogens (tertiary/aromatic N) is 2. The van der Waals surface area contributed by atoms with Gasteiger partial charge in [0.15, 0.2) is 5.78 Å². The lowest BCUT2D eigenvalue weighted by Crippen LogP contribution is -2.66. The van der Waals surface area contributed by atoms with Gasteiger partial charge in [-0.3, -0.25) is 4.79 Å². The van der Waals surface area contributed by atoms with Crippen LogP contribution in [0.25, 0.3) is 0 Å². The number of ether oxygens (including phenoxy) is 1. The highest BCUT2D eigenvalue weighted by atomic mass is 16.5. The number of ketones is 1. The Hall–Kier alpha value is -1.62. The number of nitrogen functional groups attached to an aromatic ring is 1. The molecule has 0 saturated carbocycles. The molecule has 2 N–H and O–H groups in total. The second kappa shape index (κ2) is 4.20. The third-order valence-electron chi connectivity index (χ3n) is 3.89. The van der Waals surface area contributed by atoms with Crippen molar-refractivity contribution in [1.82, 2.24) is 4.98 Å². The average Bonchev–Trinajstić information content (AvgIpc) is 2.24. The number of carbonyl (C=O) groups is 1. The fraction of sp³-hybridized carbons (Fsp3) is 0.571. The number of carbonyl (C=O) groups excluding carboxylic acids is 1. The summed E-state index contributed by atoms with van der Waals surface area (Å²) in [4.78, 5) is 18.4. The third-order valence-corrected chi connectivity index (χ3v) is 3.89. The molecule has 2 saturated heterocycles. The summed E-state index contributed by atoms with van der Waals surface area (Å²) in [7, 11) is 0. The molecule has 5 heteroatoms. The van der Waals surface area contributed by atoms with E-state index in [2.05, 4.69) is 9.88 Å². The molecule has 0 amide bonds. The van der Waals surface area contributed by atoms with Crippen LogP contribution >= 0.6 is 0 Å². The second-order valence-electron chi connectivity index (χ2n) is 6.00. The van der Waals surface area contributed by atoms with E-state index in [1.807, 2.05) is 19.9 Å². The number of nitrogens with two attached hydrogens (primary N) is 1. The van der Waals surface area contributed by atoms with E-state index in [1.54, 1.807) is 6.20 Å². The molecule has 1 spiro atoms. The Labute approximate surface area is 112 Å². The maximum Gasteiger partial charge on any atom is 0.185 e. The molecule has 0 aliphatic carbocycles. The van der Waals surface area contributed by atoms with Crippen LogP contribution in [0.5, 0.6) is 0 Å². The van der Waals surface area contributed by atoms with Gasteiger partial charge in [-0.1, -0.05) is 13.8 Å². The first-order valence-electron chi connectivity index (χ1n) is 6.63. The number of hydrogen-bond acceptors (Lipinski definition) is 5. The van der Waals surface area contributed by atoms with Crippen molar-refractivity contribution in [2.24, 2.45) is 11.3 Å². The van der Waals surface area contributed by atoms with E-state index in [1.165, 1.54) is 0 Å². The van der Waals surface area contributed by atoms with E-state index in [0.29, 0.717) is 16.8 Å². The van der Waals surface area contributed by atoms with Crippen LogP contribution in [0.15, 0.2) is 12.3 Å². The Bertz CT molecular complexity index is 515. The lowest BCUT2D eigenvalue weighted by atomic mass is 9.78. The Morgan fingerprint density at radius 1 is 1.47 bits per heavy atom. The molecule has 3 heterocycles. The van der Waals surface area contributed by atoms with Crippen molar-refractivity contribution in [3.8, 4) is 0 Å². The Morgan fingerprint density at radius 2 is 2.16 bits per heavy atom. The predicted octanol–water partition coefficient (Wildman–Crippen LogP) is 1.34. The molecule has 5 nitrogen and oxygen atoms in total. The van der Waals surface area contributed by atoms with Crippen molar-refractivity contribution in [3.05, 3.63) is 18.0 Å². The summed E-state index contributed by atoms with van der Waals surface area (Å²) < 4.78 is 5.25. The third kappa shape index (κ3) is 1.98. The number of Topliss-reactive ketones (excluding diaryl/α,β-unsaturated/α-hetero) is 1. The highest BCUT2D eigenvalue weighted by molar-refractivity contribution is 6.00. The molecule has 3 rings (SSSR count). The average molecular weight is 261 g/mol. The topological polar surface area (TPSA) is 68.5 Å². The van der Waals surface area contributed by atoms with Gasteiger partial charge in [0.2, 0.25) is 0 Å². The second-order valence-corrected chi connectivity index (χ2v) is 6.00. The first-order chi connectivity index (χ1) is 9.01. The largest absolute Gasteiger partial charge is 0.397 e. The molecule has 2 aliphatic rings. The zero-order valence-corrected chi connectivity index (χ0v) is 11.3. The zero-order valence-electron chi connectivity index (χ0n) is 11.3. The summed E-state index contributed by atoms with van der Waals surface area (Å²) in [6.45, 7) is 7.41. The van der Waals surface area contributed by atoms with Crippen LogP contribution < -0.4 is 10.6 Å². The first kappa shape index (κ1) is 12.4. The highest BCUT2D eigenvalue weighted by Gasteiger charge is 2.49. The number of rotatable bonds is 3. The van der Waals surface area contributed by atoms with E-state index in [9.17, 15) is 4.79 Å². The van der Waals surface area contributed by atoms with Gasteiger partial charge in [0, 0.05) is 19.0 Å². The van der Waals surface area contributed by atoms with Crippen LogP contribution in [-0.2, 0) is 4.74 Å². The van der Waals surface area contributed by atoms with Crippen molar-refractivity contribution in [1.29, 1.82) is 0 Å². The summed E-state index contributed by atoms with van der Waals surface area (Å²) in [5.41, 5.74) is 8.18. The summed E-state index contributed by atoms with van der Waals surface area (Å²) in [6, 6.07) is 1.86. The quantitative estimate of drug-likeness (QED) is 0.832. The van der Waals surface area contributed by atoms with Crippen LogP contribution in [0, 0.1) is 11.3 Å². The molecule has 102 valence electrons. The molecule has 19 heavy (non-hydrogen) atoms. The van der Waals surface area contributed by atoms with Crippen molar-refractivity contribution in [3.63, 3.8) is 0 Å². The predicted molar refractivity (Wildman–Crippen MR) is 73.3 cm³/mol. The lowest BCUT2D eigenvalue weighted by molar-refractivity contribution is -0.127. The normalized spacial score (nSPS) is 20.3. The molecule has 2 aliphatic heterocycles. The van der Waals surface area contributed by atoms with Gasteiger partial charge in [0.1, 0.15) is 5.69 Å². The molecular formula is C14H19N3O2. The summed E-state index contributed by atoms with van der Waals surface area (Å²) in [5.74, 6) is -0.0865. The molecule has 0 radical (unpaired) electrons. The highest BCUT2D eigenvalue weighted by Crippen LogP contribution is 2.40. The Balaban J connectivity index is 1.75. The molecule has 1 aromatic rings. The maximum absolute atomic E-state index is 11.9. The van der Waals surface area contributed by atoms with Crippen LogP contribution in [-0.4, -0.2) is 37.1 Å². The first-order valence-corrected chi connectivity index (χ1v) is 6.63. The van der Waals surface area contributed by atoms with Crippen LogP contribution in [0.1, 0.15) is 24.3 Å². The Morgan fingerprint density at radius 3 is 2.63 bits per heavy atom. The summed E-state index contributed by atoms with van der Waals surface area (Å²) >= 11 is 0. The minimum atomic E-state index is -0.0833. The van der Waals surface area contributed by atoms with Gasteiger partial charge in [0.05, 0.1) is 36.2 Å². The van der Waals surface area contributed by atoms with E-state index in [0.717, 1.165) is 32.0 Å². The van der Waals surface area contributed by atoms with Crippen molar-refractivity contribution < 1.29 is 9.53 Å². The van der Waals surface area contributed by atoms with Crippen molar-refractivity contribution >= 4 is 17.2 Å². The molecular weight excluding hydrogens is 242 g/mol. The summed E-state index contributed by atoms with van der Waals surface area (Å²) in [5, 5.41) is 0. The minimum absolute atomic E-state index is 0.00322. The van der Waals surface area contributed by atoms with Gasteiger partial charge in [-0.05, 0) is 6.07 Å². The van der Waals surface area contributed by atoms with E-state index >= 15 is 0 Å². The van der Waals surface area contributed by atoms with Gasteiger partial charge >= 0.3 is 0 Å². The van der Waals surface area contributed by atoms with E-state index in [-0.39, 0.29) is 11.7 Å². The zero-order chi connectivity index (χ0) is 13.6.